The fourth-order valence-electron chi connectivity index (χ4n) is 2.68. The molecule has 0 unspecified atom stereocenters. The van der Waals surface area contributed by atoms with Gasteiger partial charge in [-0.1, -0.05) is 76.8 Å². The van der Waals surface area contributed by atoms with Gasteiger partial charge in [-0.05, 0) is 30.2 Å². The number of aromatic hydroxyl groups is 1. The molecule has 0 radical (unpaired) electrons. The third-order valence-corrected chi connectivity index (χ3v) is 4.13. The van der Waals surface area contributed by atoms with Gasteiger partial charge in [0.15, 0.2) is 0 Å². The topological polar surface area (TPSA) is 49.3 Å². The molecule has 0 fully saturated rings. The minimum atomic E-state index is -0.0748. The molecule has 2 N–H and O–H groups in total. The second kappa shape index (κ2) is 13.6. The average Bonchev–Trinajstić information content (AvgIpc) is 2.58. The van der Waals surface area contributed by atoms with Crippen molar-refractivity contribution in [1.29, 1.82) is 0 Å². The Balaban J connectivity index is 1.96. The molecule has 0 aromatic heterocycles. The molecule has 24 heavy (non-hydrogen) atoms. The predicted molar refractivity (Wildman–Crippen MR) is 102 cm³/mol. The maximum atomic E-state index is 11.7. The SMILES string of the molecule is CCCCCCCCCCCCNC(=O)C=Cc1cccc(O)c1. The van der Waals surface area contributed by atoms with Crippen molar-refractivity contribution in [2.75, 3.05) is 6.54 Å². The number of amides is 1. The Kier molecular flexibility index (Phi) is 11.5. The molecule has 1 rings (SSSR count). The molecule has 0 aliphatic heterocycles. The van der Waals surface area contributed by atoms with E-state index in [4.69, 9.17) is 0 Å². The largest absolute Gasteiger partial charge is 0.508 e. The Bertz CT molecular complexity index is 482. The summed E-state index contributed by atoms with van der Waals surface area (Å²) in [6.45, 7) is 2.99. The molecule has 0 spiro atoms. The van der Waals surface area contributed by atoms with Crippen LogP contribution in [-0.2, 0) is 4.79 Å². The maximum absolute atomic E-state index is 11.7. The van der Waals surface area contributed by atoms with Crippen LogP contribution < -0.4 is 5.32 Å². The number of hydrogen-bond donors (Lipinski definition) is 2. The van der Waals surface area contributed by atoms with Gasteiger partial charge >= 0.3 is 0 Å². The lowest BCUT2D eigenvalue weighted by molar-refractivity contribution is -0.116. The highest BCUT2D eigenvalue weighted by Gasteiger charge is 1.96. The first-order valence-electron chi connectivity index (χ1n) is 9.47. The Labute approximate surface area is 147 Å². The van der Waals surface area contributed by atoms with Gasteiger partial charge in [0, 0.05) is 12.6 Å². The van der Waals surface area contributed by atoms with Crippen molar-refractivity contribution in [3.63, 3.8) is 0 Å². The van der Waals surface area contributed by atoms with Crippen LogP contribution >= 0.6 is 0 Å². The molecule has 0 bridgehead atoms. The Hall–Kier alpha value is -1.77. The summed E-state index contributed by atoms with van der Waals surface area (Å²) in [6, 6.07) is 6.86. The quantitative estimate of drug-likeness (QED) is 0.373. The van der Waals surface area contributed by atoms with E-state index in [1.54, 1.807) is 24.3 Å². The number of hydrogen-bond acceptors (Lipinski definition) is 2. The zero-order chi connectivity index (χ0) is 17.5. The van der Waals surface area contributed by atoms with Gasteiger partial charge in [-0.15, -0.1) is 0 Å². The predicted octanol–water partition coefficient (Wildman–Crippen LogP) is 5.44. The lowest BCUT2D eigenvalue weighted by Gasteiger charge is -2.03. The number of carbonyl (C=O) groups excluding carboxylic acids is 1. The number of unbranched alkanes of at least 4 members (excludes halogenated alkanes) is 9. The number of nitrogens with one attached hydrogen (secondary N) is 1. The number of rotatable bonds is 13. The van der Waals surface area contributed by atoms with Gasteiger partial charge in [-0.25, -0.2) is 0 Å². The van der Waals surface area contributed by atoms with Gasteiger partial charge in [-0.3, -0.25) is 4.79 Å². The molecule has 0 saturated carbocycles. The van der Waals surface area contributed by atoms with Crippen LogP contribution in [0.15, 0.2) is 30.3 Å². The highest BCUT2D eigenvalue weighted by molar-refractivity contribution is 5.91. The fraction of sp³-hybridized carbons (Fsp3) is 0.571. The van der Waals surface area contributed by atoms with Gasteiger partial charge < -0.3 is 10.4 Å². The number of phenols is 1. The van der Waals surface area contributed by atoms with E-state index in [1.165, 1.54) is 63.9 Å². The molecule has 1 aromatic carbocycles. The summed E-state index contributed by atoms with van der Waals surface area (Å²) in [5.74, 6) is 0.136. The third kappa shape index (κ3) is 10.9. The van der Waals surface area contributed by atoms with Crippen molar-refractivity contribution in [1.82, 2.24) is 5.32 Å². The van der Waals surface area contributed by atoms with Gasteiger partial charge in [0.05, 0.1) is 0 Å². The van der Waals surface area contributed by atoms with Crippen molar-refractivity contribution in [2.45, 2.75) is 71.1 Å². The summed E-state index contributed by atoms with van der Waals surface area (Å²) in [6.07, 6.45) is 16.2. The highest BCUT2D eigenvalue weighted by atomic mass is 16.3. The van der Waals surface area contributed by atoms with Crippen LogP contribution in [0, 0.1) is 0 Å². The summed E-state index contributed by atoms with van der Waals surface area (Å²) in [4.78, 5) is 11.7. The number of phenolic OH excluding ortho intramolecular Hbond substituents is 1. The first-order valence-corrected chi connectivity index (χ1v) is 9.47. The summed E-state index contributed by atoms with van der Waals surface area (Å²) in [5, 5.41) is 12.3. The lowest BCUT2D eigenvalue weighted by atomic mass is 10.1. The standard InChI is InChI=1S/C21H33NO2/c1-2-3-4-5-6-7-8-9-10-11-17-22-21(24)16-15-19-13-12-14-20(23)18-19/h12-16,18,23H,2-11,17H2,1H3,(H,22,24). The van der Waals surface area contributed by atoms with E-state index in [-0.39, 0.29) is 11.7 Å². The maximum Gasteiger partial charge on any atom is 0.243 e. The molecule has 0 heterocycles. The summed E-state index contributed by atoms with van der Waals surface area (Å²) in [5.41, 5.74) is 0.823. The Morgan fingerprint density at radius 3 is 2.25 bits per heavy atom. The molecule has 134 valence electrons. The van der Waals surface area contributed by atoms with E-state index >= 15 is 0 Å². The van der Waals surface area contributed by atoms with Crippen LogP contribution in [0.2, 0.25) is 0 Å². The fourth-order valence-corrected chi connectivity index (χ4v) is 2.68. The average molecular weight is 332 g/mol. The lowest BCUT2D eigenvalue weighted by Crippen LogP contribution is -2.21. The normalized spacial score (nSPS) is 11.0. The first-order chi connectivity index (χ1) is 11.7. The summed E-state index contributed by atoms with van der Waals surface area (Å²) < 4.78 is 0. The van der Waals surface area contributed by atoms with E-state index in [2.05, 4.69) is 12.2 Å². The van der Waals surface area contributed by atoms with Gasteiger partial charge in [-0.2, -0.15) is 0 Å². The molecule has 3 nitrogen and oxygen atoms in total. The van der Waals surface area contributed by atoms with Crippen molar-refractivity contribution < 1.29 is 9.90 Å². The molecule has 3 heteroatoms. The zero-order valence-electron chi connectivity index (χ0n) is 15.1. The summed E-state index contributed by atoms with van der Waals surface area (Å²) in [7, 11) is 0. The van der Waals surface area contributed by atoms with E-state index in [9.17, 15) is 9.90 Å². The molecule has 0 aliphatic carbocycles. The molecule has 0 atom stereocenters. The van der Waals surface area contributed by atoms with Gasteiger partial charge in [0.1, 0.15) is 5.75 Å². The van der Waals surface area contributed by atoms with Crippen LogP contribution in [0.4, 0.5) is 0 Å². The molecule has 1 amide bonds. The second-order valence-corrected chi connectivity index (χ2v) is 6.40. The molecule has 0 saturated heterocycles. The van der Waals surface area contributed by atoms with Gasteiger partial charge in [0.2, 0.25) is 5.91 Å². The minimum absolute atomic E-state index is 0.0748. The van der Waals surface area contributed by atoms with E-state index < -0.39 is 0 Å². The Morgan fingerprint density at radius 1 is 1.00 bits per heavy atom. The molecule has 0 aliphatic rings. The van der Waals surface area contributed by atoms with Crippen LogP contribution in [0.25, 0.3) is 6.08 Å². The van der Waals surface area contributed by atoms with Crippen molar-refractivity contribution in [3.8, 4) is 5.75 Å². The van der Waals surface area contributed by atoms with Crippen molar-refractivity contribution in [2.24, 2.45) is 0 Å². The smallest absolute Gasteiger partial charge is 0.243 e. The monoisotopic (exact) mass is 331 g/mol. The van der Waals surface area contributed by atoms with Crippen molar-refractivity contribution in [3.05, 3.63) is 35.9 Å². The zero-order valence-corrected chi connectivity index (χ0v) is 15.1. The first kappa shape index (κ1) is 20.3. The van der Waals surface area contributed by atoms with E-state index in [0.29, 0.717) is 0 Å². The number of carbonyl (C=O) groups is 1. The van der Waals surface area contributed by atoms with Crippen LogP contribution in [0.5, 0.6) is 5.75 Å². The third-order valence-electron chi connectivity index (χ3n) is 4.13. The van der Waals surface area contributed by atoms with E-state index in [0.717, 1.165) is 18.5 Å². The highest BCUT2D eigenvalue weighted by Crippen LogP contribution is 2.12. The number of benzene rings is 1. The minimum Gasteiger partial charge on any atom is -0.508 e. The summed E-state index contributed by atoms with van der Waals surface area (Å²) >= 11 is 0. The van der Waals surface area contributed by atoms with Crippen LogP contribution in [0.3, 0.4) is 0 Å². The van der Waals surface area contributed by atoms with Crippen molar-refractivity contribution >= 4 is 12.0 Å². The van der Waals surface area contributed by atoms with Crippen LogP contribution in [0.1, 0.15) is 76.7 Å². The second-order valence-electron chi connectivity index (χ2n) is 6.40. The van der Waals surface area contributed by atoms with Gasteiger partial charge in [0.25, 0.3) is 0 Å². The molecular weight excluding hydrogens is 298 g/mol. The Morgan fingerprint density at radius 2 is 1.62 bits per heavy atom. The van der Waals surface area contributed by atoms with E-state index in [1.807, 2.05) is 6.07 Å². The molecule has 1 aromatic rings. The van der Waals surface area contributed by atoms with Crippen LogP contribution in [-0.4, -0.2) is 17.6 Å². The molecular formula is C21H33NO2.